The molecular formula is C30H36N4O. The van der Waals surface area contributed by atoms with Crippen LogP contribution >= 0.6 is 0 Å². The third-order valence-electron chi connectivity index (χ3n) is 9.06. The molecule has 182 valence electrons. The molecule has 2 aliphatic carbocycles. The summed E-state index contributed by atoms with van der Waals surface area (Å²) < 4.78 is 0. The molecule has 1 amide bonds. The van der Waals surface area contributed by atoms with Gasteiger partial charge in [0.05, 0.1) is 6.20 Å². The molecule has 0 spiro atoms. The number of hydrogen-bond acceptors (Lipinski definition) is 3. The molecule has 1 saturated carbocycles. The Morgan fingerprint density at radius 3 is 2.74 bits per heavy atom. The maximum atomic E-state index is 13.0. The summed E-state index contributed by atoms with van der Waals surface area (Å²) in [4.78, 5) is 15.8. The van der Waals surface area contributed by atoms with Crippen LogP contribution in [0.4, 0.5) is 0 Å². The summed E-state index contributed by atoms with van der Waals surface area (Å²) in [6.07, 6.45) is 9.68. The van der Waals surface area contributed by atoms with Crippen LogP contribution in [0.3, 0.4) is 0 Å². The van der Waals surface area contributed by atoms with Gasteiger partial charge in [-0.3, -0.25) is 14.8 Å². The van der Waals surface area contributed by atoms with E-state index < -0.39 is 0 Å². The summed E-state index contributed by atoms with van der Waals surface area (Å²) in [7, 11) is 0. The van der Waals surface area contributed by atoms with Crippen LogP contribution in [0.2, 0.25) is 0 Å². The Balaban J connectivity index is 1.10. The first-order valence-corrected chi connectivity index (χ1v) is 13.2. The molecule has 2 heterocycles. The van der Waals surface area contributed by atoms with Crippen LogP contribution in [0, 0.1) is 11.8 Å². The van der Waals surface area contributed by atoms with E-state index in [0.29, 0.717) is 18.5 Å². The lowest BCUT2D eigenvalue weighted by Crippen LogP contribution is -2.58. The minimum Gasteiger partial charge on any atom is -0.352 e. The summed E-state index contributed by atoms with van der Waals surface area (Å²) in [5.41, 5.74) is 7.26. The van der Waals surface area contributed by atoms with E-state index in [-0.39, 0.29) is 11.3 Å². The van der Waals surface area contributed by atoms with Crippen molar-refractivity contribution in [2.75, 3.05) is 19.6 Å². The van der Waals surface area contributed by atoms with E-state index in [9.17, 15) is 4.79 Å². The van der Waals surface area contributed by atoms with Crippen LogP contribution in [0.15, 0.2) is 54.9 Å². The number of amides is 1. The number of carbonyl (C=O) groups excluding carboxylic acids is 1. The Labute approximate surface area is 208 Å². The topological polar surface area (TPSA) is 61.0 Å². The molecule has 5 heteroatoms. The molecule has 0 radical (unpaired) electrons. The number of nitrogens with zero attached hydrogens (tertiary/aromatic N) is 2. The number of aromatic amines is 1. The normalized spacial score (nSPS) is 25.8. The second-order valence-corrected chi connectivity index (χ2v) is 11.2. The van der Waals surface area contributed by atoms with E-state index in [4.69, 9.17) is 0 Å². The van der Waals surface area contributed by atoms with Crippen molar-refractivity contribution in [3.63, 3.8) is 0 Å². The third kappa shape index (κ3) is 4.31. The van der Waals surface area contributed by atoms with Crippen LogP contribution in [0.1, 0.15) is 60.2 Å². The van der Waals surface area contributed by atoms with E-state index in [1.54, 1.807) is 0 Å². The average molecular weight is 469 g/mol. The van der Waals surface area contributed by atoms with Crippen molar-refractivity contribution in [1.82, 2.24) is 20.4 Å². The van der Waals surface area contributed by atoms with Gasteiger partial charge in [0.2, 0.25) is 0 Å². The Morgan fingerprint density at radius 2 is 2.00 bits per heavy atom. The predicted octanol–water partition coefficient (Wildman–Crippen LogP) is 4.98. The van der Waals surface area contributed by atoms with Gasteiger partial charge in [-0.05, 0) is 90.3 Å². The summed E-state index contributed by atoms with van der Waals surface area (Å²) >= 11 is 0. The molecule has 1 aliphatic heterocycles. The molecule has 6 rings (SSSR count). The van der Waals surface area contributed by atoms with Gasteiger partial charge in [0.25, 0.3) is 5.91 Å². The second-order valence-electron chi connectivity index (χ2n) is 11.2. The summed E-state index contributed by atoms with van der Waals surface area (Å²) in [6.45, 7) is 7.99. The number of H-pyrrole nitrogens is 1. The van der Waals surface area contributed by atoms with E-state index >= 15 is 0 Å². The van der Waals surface area contributed by atoms with Gasteiger partial charge < -0.3 is 5.32 Å². The van der Waals surface area contributed by atoms with Gasteiger partial charge in [0, 0.05) is 36.5 Å². The van der Waals surface area contributed by atoms with Gasteiger partial charge in [0.15, 0.2) is 0 Å². The molecule has 3 aromatic rings. The molecule has 1 saturated heterocycles. The standard InChI is InChI=1S/C30H36N4O/c1-20-28-16-24-9-10-25(15-27(24)30(20,2)12-14-34(28)19-22-3-4-22)29(35)31-13-11-21-5-7-23(8-6-21)26-17-32-33-18-26/h5-10,15,17-18,20,22,28H,3-4,11-14,16,19H2,1-2H3,(H,31,35)(H,32,33)/t20-,28?,30-/m0/s1. The first kappa shape index (κ1) is 22.5. The van der Waals surface area contributed by atoms with Gasteiger partial charge in [-0.1, -0.05) is 44.2 Å². The van der Waals surface area contributed by atoms with Crippen LogP contribution in [-0.2, 0) is 18.3 Å². The summed E-state index contributed by atoms with van der Waals surface area (Å²) in [5, 5.41) is 10.0. The van der Waals surface area contributed by atoms with Crippen LogP contribution in [-0.4, -0.2) is 46.7 Å². The van der Waals surface area contributed by atoms with Crippen LogP contribution < -0.4 is 5.32 Å². The molecule has 1 aromatic heterocycles. The van der Waals surface area contributed by atoms with Gasteiger partial charge in [-0.2, -0.15) is 5.10 Å². The first-order valence-electron chi connectivity index (χ1n) is 13.2. The number of hydrogen-bond donors (Lipinski definition) is 2. The van der Waals surface area contributed by atoms with Gasteiger partial charge >= 0.3 is 0 Å². The van der Waals surface area contributed by atoms with Crippen molar-refractivity contribution in [3.05, 3.63) is 77.1 Å². The first-order chi connectivity index (χ1) is 17.0. The molecule has 2 bridgehead atoms. The molecule has 1 unspecified atom stereocenters. The largest absolute Gasteiger partial charge is 0.352 e. The fourth-order valence-corrected chi connectivity index (χ4v) is 6.40. The average Bonchev–Trinajstić information content (AvgIpc) is 3.52. The zero-order chi connectivity index (χ0) is 24.0. The Hall–Kier alpha value is -2.92. The fourth-order valence-electron chi connectivity index (χ4n) is 6.40. The molecule has 3 atom stereocenters. The Kier molecular flexibility index (Phi) is 5.76. The van der Waals surface area contributed by atoms with Crippen molar-refractivity contribution < 1.29 is 4.79 Å². The van der Waals surface area contributed by atoms with Crippen molar-refractivity contribution >= 4 is 5.91 Å². The van der Waals surface area contributed by atoms with Crippen molar-refractivity contribution in [3.8, 4) is 11.1 Å². The highest BCUT2D eigenvalue weighted by Gasteiger charge is 2.49. The number of nitrogens with one attached hydrogen (secondary N) is 2. The summed E-state index contributed by atoms with van der Waals surface area (Å²) in [6, 6.07) is 15.6. The van der Waals surface area contributed by atoms with E-state index in [1.807, 2.05) is 18.5 Å². The molecule has 5 nitrogen and oxygen atoms in total. The SMILES string of the molecule is C[C@H]1C2Cc3ccc(C(=O)NCCc4ccc(-c5cn[nH]c5)cc4)cc3[C@@]1(C)CCN2CC1CC1. The fraction of sp³-hybridized carbons (Fsp3) is 0.467. The number of aromatic nitrogens is 2. The number of likely N-dealkylation sites (tertiary alicyclic amines) is 1. The quantitative estimate of drug-likeness (QED) is 0.514. The van der Waals surface area contributed by atoms with Crippen molar-refractivity contribution in [1.29, 1.82) is 0 Å². The van der Waals surface area contributed by atoms with E-state index in [2.05, 4.69) is 70.7 Å². The minimum absolute atomic E-state index is 0.0346. The predicted molar refractivity (Wildman–Crippen MR) is 139 cm³/mol. The van der Waals surface area contributed by atoms with Crippen LogP contribution in [0.25, 0.3) is 11.1 Å². The maximum absolute atomic E-state index is 13.0. The number of fused-ring (bicyclic) bond motifs is 4. The van der Waals surface area contributed by atoms with E-state index in [0.717, 1.165) is 35.4 Å². The molecule has 2 fully saturated rings. The molecule has 35 heavy (non-hydrogen) atoms. The zero-order valence-electron chi connectivity index (χ0n) is 20.9. The van der Waals surface area contributed by atoms with E-state index in [1.165, 1.54) is 49.0 Å². The second kappa shape index (κ2) is 8.94. The lowest BCUT2D eigenvalue weighted by molar-refractivity contribution is 0.0284. The number of piperidine rings is 1. The van der Waals surface area contributed by atoms with Gasteiger partial charge in [0.1, 0.15) is 0 Å². The lowest BCUT2D eigenvalue weighted by atomic mass is 9.59. The molecule has 2 N–H and O–H groups in total. The Morgan fingerprint density at radius 1 is 1.17 bits per heavy atom. The minimum atomic E-state index is 0.0346. The number of carbonyl (C=O) groups is 1. The highest BCUT2D eigenvalue weighted by atomic mass is 16.1. The van der Waals surface area contributed by atoms with Crippen LogP contribution in [0.5, 0.6) is 0 Å². The monoisotopic (exact) mass is 468 g/mol. The highest BCUT2D eigenvalue weighted by molar-refractivity contribution is 5.94. The summed E-state index contributed by atoms with van der Waals surface area (Å²) in [5.74, 6) is 1.59. The molecular weight excluding hydrogens is 432 g/mol. The van der Waals surface area contributed by atoms with Crippen molar-refractivity contribution in [2.45, 2.75) is 57.4 Å². The number of rotatable bonds is 7. The van der Waals surface area contributed by atoms with Crippen molar-refractivity contribution in [2.24, 2.45) is 11.8 Å². The zero-order valence-corrected chi connectivity index (χ0v) is 20.9. The molecule has 2 aromatic carbocycles. The smallest absolute Gasteiger partial charge is 0.251 e. The Bertz CT molecular complexity index is 1200. The van der Waals surface area contributed by atoms with Gasteiger partial charge in [-0.25, -0.2) is 0 Å². The number of benzene rings is 2. The molecule has 3 aliphatic rings. The lowest BCUT2D eigenvalue weighted by Gasteiger charge is -2.55. The highest BCUT2D eigenvalue weighted by Crippen LogP contribution is 2.49. The van der Waals surface area contributed by atoms with Gasteiger partial charge in [-0.15, -0.1) is 0 Å². The maximum Gasteiger partial charge on any atom is 0.251 e. The third-order valence-corrected chi connectivity index (χ3v) is 9.06.